The average molecular weight is 389 g/mol. The van der Waals surface area contributed by atoms with Crippen molar-refractivity contribution in [1.29, 1.82) is 0 Å². The lowest BCUT2D eigenvalue weighted by atomic mass is 9.82. The molecule has 2 aromatic rings. The molecule has 3 rings (SSSR count). The van der Waals surface area contributed by atoms with E-state index in [2.05, 4.69) is 12.1 Å². The van der Waals surface area contributed by atoms with Gasteiger partial charge in [-0.1, -0.05) is 48.5 Å². The fourth-order valence-corrected chi connectivity index (χ4v) is 4.03. The molecule has 0 bridgehead atoms. The second-order valence-electron chi connectivity index (χ2n) is 7.55. The van der Waals surface area contributed by atoms with Crippen LogP contribution in [0.15, 0.2) is 54.6 Å². The number of nitrogens with zero attached hydrogens (tertiary/aromatic N) is 1. The highest BCUT2D eigenvalue weighted by Gasteiger charge is 2.42. The molecule has 146 valence electrons. The summed E-state index contributed by atoms with van der Waals surface area (Å²) in [6.45, 7) is 5.94. The van der Waals surface area contributed by atoms with Crippen molar-refractivity contribution >= 4 is 18.3 Å². The molecule has 0 radical (unpaired) electrons. The first-order chi connectivity index (χ1) is 12.5. The molecule has 2 atom stereocenters. The number of likely N-dealkylation sites (tertiary alicyclic amines) is 1. The monoisotopic (exact) mass is 388 g/mol. The summed E-state index contributed by atoms with van der Waals surface area (Å²) in [5, 5.41) is 0. The number of rotatable bonds is 5. The highest BCUT2D eigenvalue weighted by molar-refractivity contribution is 5.88. The molecular formula is C22H29ClN2O2. The van der Waals surface area contributed by atoms with Gasteiger partial charge in [0.15, 0.2) is 0 Å². The van der Waals surface area contributed by atoms with E-state index < -0.39 is 5.41 Å². The minimum absolute atomic E-state index is 0. The zero-order valence-electron chi connectivity index (χ0n) is 16.2. The topological polar surface area (TPSA) is 55.6 Å². The van der Waals surface area contributed by atoms with Crippen LogP contribution in [0.3, 0.4) is 0 Å². The van der Waals surface area contributed by atoms with E-state index in [4.69, 9.17) is 10.5 Å². The number of nitrogens with two attached hydrogens (primary N) is 1. The fraction of sp³-hybridized carbons (Fsp3) is 0.409. The number of hydrogen-bond acceptors (Lipinski definition) is 3. The summed E-state index contributed by atoms with van der Waals surface area (Å²) in [5.41, 5.74) is 7.55. The van der Waals surface area contributed by atoms with Crippen LogP contribution in [-0.2, 0) is 10.2 Å². The Morgan fingerprint density at radius 2 is 1.74 bits per heavy atom. The Morgan fingerprint density at radius 1 is 1.11 bits per heavy atom. The molecule has 1 fully saturated rings. The number of amides is 1. The van der Waals surface area contributed by atoms with Gasteiger partial charge in [0.05, 0.1) is 12.5 Å². The minimum atomic E-state index is -0.655. The summed E-state index contributed by atoms with van der Waals surface area (Å²) in [7, 11) is 1.64. The number of hydrogen-bond donors (Lipinski definition) is 1. The Balaban J connectivity index is 0.00000261. The third kappa shape index (κ3) is 4.12. The van der Waals surface area contributed by atoms with Crippen LogP contribution in [0.2, 0.25) is 0 Å². The first-order valence-corrected chi connectivity index (χ1v) is 9.17. The van der Waals surface area contributed by atoms with Gasteiger partial charge in [-0.3, -0.25) is 4.79 Å². The maximum Gasteiger partial charge on any atom is 0.232 e. The Labute approximate surface area is 168 Å². The van der Waals surface area contributed by atoms with Gasteiger partial charge in [0, 0.05) is 24.6 Å². The molecule has 4 nitrogen and oxygen atoms in total. The van der Waals surface area contributed by atoms with Crippen molar-refractivity contribution in [2.45, 2.75) is 25.2 Å². The number of ether oxygens (including phenoxy) is 1. The van der Waals surface area contributed by atoms with Crippen LogP contribution >= 0.6 is 12.4 Å². The van der Waals surface area contributed by atoms with Crippen LogP contribution in [0.4, 0.5) is 0 Å². The summed E-state index contributed by atoms with van der Waals surface area (Å²) in [4.78, 5) is 15.4. The summed E-state index contributed by atoms with van der Waals surface area (Å²) in [6, 6.07) is 18.1. The molecule has 0 aliphatic carbocycles. The van der Waals surface area contributed by atoms with Crippen LogP contribution in [0.5, 0.6) is 5.75 Å². The van der Waals surface area contributed by atoms with E-state index in [-0.39, 0.29) is 24.2 Å². The van der Waals surface area contributed by atoms with Gasteiger partial charge in [-0.2, -0.15) is 0 Å². The van der Waals surface area contributed by atoms with Gasteiger partial charge in [0.2, 0.25) is 5.91 Å². The molecule has 0 aromatic heterocycles. The van der Waals surface area contributed by atoms with Gasteiger partial charge in [-0.25, -0.2) is 0 Å². The molecular weight excluding hydrogens is 360 g/mol. The van der Waals surface area contributed by atoms with Crippen LogP contribution in [0, 0.1) is 5.92 Å². The maximum absolute atomic E-state index is 13.4. The van der Waals surface area contributed by atoms with Gasteiger partial charge in [-0.15, -0.1) is 12.4 Å². The van der Waals surface area contributed by atoms with Crippen LogP contribution < -0.4 is 10.5 Å². The zero-order valence-corrected chi connectivity index (χ0v) is 17.0. The average Bonchev–Trinajstić information content (AvgIpc) is 3.12. The van der Waals surface area contributed by atoms with E-state index in [1.807, 2.05) is 61.2 Å². The number of halogens is 1. The molecule has 0 saturated carbocycles. The van der Waals surface area contributed by atoms with Crippen LogP contribution in [0.25, 0.3) is 0 Å². The number of carbonyl (C=O) groups is 1. The molecule has 0 unspecified atom stereocenters. The molecule has 2 aromatic carbocycles. The van der Waals surface area contributed by atoms with Crippen molar-refractivity contribution in [3.8, 4) is 5.75 Å². The molecule has 1 amide bonds. The standard InChI is InChI=1S/C22H28N2O2.ClH/c1-22(2,19-11-7-8-12-20(19)26-3)21(25)24-14-17(13-23)18(15-24)16-9-5-4-6-10-16;/h4-12,17-18H,13-15,23H2,1-3H3;1H/t17-,18+;/m1./s1. The quantitative estimate of drug-likeness (QED) is 0.851. The summed E-state index contributed by atoms with van der Waals surface area (Å²) in [5.74, 6) is 1.45. The van der Waals surface area contributed by atoms with Crippen molar-refractivity contribution in [2.24, 2.45) is 11.7 Å². The number of methoxy groups -OCH3 is 1. The smallest absolute Gasteiger partial charge is 0.232 e. The van der Waals surface area contributed by atoms with Crippen LogP contribution in [-0.4, -0.2) is 37.6 Å². The number of para-hydroxylation sites is 1. The molecule has 1 heterocycles. The Kier molecular flexibility index (Phi) is 6.90. The predicted octanol–water partition coefficient (Wildman–Crippen LogP) is 3.60. The van der Waals surface area contributed by atoms with Crippen LogP contribution in [0.1, 0.15) is 30.9 Å². The van der Waals surface area contributed by atoms with E-state index in [1.165, 1.54) is 5.56 Å². The largest absolute Gasteiger partial charge is 0.496 e. The van der Waals surface area contributed by atoms with Gasteiger partial charge in [0.25, 0.3) is 0 Å². The normalized spacial score (nSPS) is 19.5. The maximum atomic E-state index is 13.4. The molecule has 2 N–H and O–H groups in total. The van der Waals surface area contributed by atoms with E-state index in [0.29, 0.717) is 25.6 Å². The van der Waals surface area contributed by atoms with E-state index >= 15 is 0 Å². The Hall–Kier alpha value is -2.04. The minimum Gasteiger partial charge on any atom is -0.496 e. The lowest BCUT2D eigenvalue weighted by Crippen LogP contribution is -2.42. The van der Waals surface area contributed by atoms with Gasteiger partial charge in [0.1, 0.15) is 5.75 Å². The number of benzene rings is 2. The highest BCUT2D eigenvalue weighted by Crippen LogP contribution is 2.37. The third-order valence-corrected chi connectivity index (χ3v) is 5.57. The van der Waals surface area contributed by atoms with Crippen molar-refractivity contribution in [3.63, 3.8) is 0 Å². The van der Waals surface area contributed by atoms with Crippen molar-refractivity contribution in [2.75, 3.05) is 26.7 Å². The van der Waals surface area contributed by atoms with Crippen molar-refractivity contribution < 1.29 is 9.53 Å². The third-order valence-electron chi connectivity index (χ3n) is 5.57. The molecule has 1 aliphatic heterocycles. The molecule has 1 aliphatic rings. The highest BCUT2D eigenvalue weighted by atomic mass is 35.5. The summed E-state index contributed by atoms with van der Waals surface area (Å²) in [6.07, 6.45) is 0. The first-order valence-electron chi connectivity index (χ1n) is 9.17. The second kappa shape index (κ2) is 8.77. The fourth-order valence-electron chi connectivity index (χ4n) is 4.03. The molecule has 27 heavy (non-hydrogen) atoms. The summed E-state index contributed by atoms with van der Waals surface area (Å²) >= 11 is 0. The van der Waals surface area contributed by atoms with Crippen molar-refractivity contribution in [1.82, 2.24) is 4.90 Å². The lowest BCUT2D eigenvalue weighted by Gasteiger charge is -2.31. The molecule has 0 spiro atoms. The van der Waals surface area contributed by atoms with E-state index in [9.17, 15) is 4.79 Å². The summed E-state index contributed by atoms with van der Waals surface area (Å²) < 4.78 is 5.49. The van der Waals surface area contributed by atoms with Gasteiger partial charge in [-0.05, 0) is 37.9 Å². The number of carbonyl (C=O) groups excluding carboxylic acids is 1. The van der Waals surface area contributed by atoms with E-state index in [0.717, 1.165) is 11.3 Å². The SMILES string of the molecule is COc1ccccc1C(C)(C)C(=O)N1C[C@@H](CN)[C@H](c2ccccc2)C1.Cl. The Morgan fingerprint density at radius 3 is 2.37 bits per heavy atom. The molecule has 5 heteroatoms. The molecule has 1 saturated heterocycles. The van der Waals surface area contributed by atoms with Gasteiger partial charge < -0.3 is 15.4 Å². The zero-order chi connectivity index (χ0) is 18.7. The van der Waals surface area contributed by atoms with Gasteiger partial charge >= 0.3 is 0 Å². The second-order valence-corrected chi connectivity index (χ2v) is 7.55. The van der Waals surface area contributed by atoms with Crippen molar-refractivity contribution in [3.05, 3.63) is 65.7 Å². The Bertz CT molecular complexity index is 764. The first kappa shape index (κ1) is 21.3. The predicted molar refractivity (Wildman–Crippen MR) is 112 cm³/mol. The lowest BCUT2D eigenvalue weighted by molar-refractivity contribution is -0.135. The van der Waals surface area contributed by atoms with E-state index in [1.54, 1.807) is 7.11 Å².